The van der Waals surface area contributed by atoms with Gasteiger partial charge in [-0.25, -0.2) is 4.98 Å². The molecule has 1 aromatic carbocycles. The highest BCUT2D eigenvalue weighted by atomic mass is 127. The monoisotopic (exact) mass is 363 g/mol. The van der Waals surface area contributed by atoms with Gasteiger partial charge < -0.3 is 9.72 Å². The van der Waals surface area contributed by atoms with E-state index in [1.54, 1.807) is 0 Å². The largest absolute Gasteiger partial charge is 0.379 e. The van der Waals surface area contributed by atoms with Gasteiger partial charge in [0.1, 0.15) is 5.65 Å². The van der Waals surface area contributed by atoms with Crippen molar-refractivity contribution in [1.82, 2.24) is 9.38 Å². The van der Waals surface area contributed by atoms with E-state index < -0.39 is 0 Å². The normalized spacial score (nSPS) is 10.8. The van der Waals surface area contributed by atoms with E-state index >= 15 is 0 Å². The van der Waals surface area contributed by atoms with Crippen LogP contribution in [-0.2, 0) is 6.54 Å². The standard InChI is InChI=1S/C15H14IN3/c1-11-14(19-8-3-2-7-15(19)18-11)10-17-13-6-4-5-12(16)9-13/h2-9,17H,10H2,1H3. The van der Waals surface area contributed by atoms with Gasteiger partial charge in [0.2, 0.25) is 0 Å². The van der Waals surface area contributed by atoms with Gasteiger partial charge in [0.25, 0.3) is 0 Å². The van der Waals surface area contributed by atoms with Crippen molar-refractivity contribution in [2.24, 2.45) is 0 Å². The number of aromatic nitrogens is 2. The molecule has 0 aliphatic heterocycles. The molecule has 0 saturated heterocycles. The van der Waals surface area contributed by atoms with Gasteiger partial charge in [-0.2, -0.15) is 0 Å². The first-order chi connectivity index (χ1) is 9.24. The summed E-state index contributed by atoms with van der Waals surface area (Å²) in [5.74, 6) is 0. The minimum absolute atomic E-state index is 0.775. The van der Waals surface area contributed by atoms with E-state index in [9.17, 15) is 0 Å². The lowest BCUT2D eigenvalue weighted by molar-refractivity contribution is 0.986. The molecule has 1 N–H and O–H groups in total. The lowest BCUT2D eigenvalue weighted by atomic mass is 10.3. The number of pyridine rings is 1. The van der Waals surface area contributed by atoms with E-state index in [4.69, 9.17) is 0 Å². The maximum absolute atomic E-state index is 4.56. The van der Waals surface area contributed by atoms with Gasteiger partial charge >= 0.3 is 0 Å². The van der Waals surface area contributed by atoms with E-state index in [1.165, 1.54) is 9.26 Å². The van der Waals surface area contributed by atoms with Crippen LogP contribution in [0.15, 0.2) is 48.7 Å². The molecule has 3 aromatic rings. The molecule has 0 aliphatic carbocycles. The first-order valence-electron chi connectivity index (χ1n) is 6.16. The predicted molar refractivity (Wildman–Crippen MR) is 86.4 cm³/mol. The molecule has 96 valence electrons. The lowest BCUT2D eigenvalue weighted by Gasteiger charge is -2.07. The van der Waals surface area contributed by atoms with Crippen molar-refractivity contribution in [3.05, 3.63) is 63.6 Å². The third kappa shape index (κ3) is 2.58. The first-order valence-corrected chi connectivity index (χ1v) is 7.24. The van der Waals surface area contributed by atoms with Crippen LogP contribution in [0.5, 0.6) is 0 Å². The number of nitrogens with one attached hydrogen (secondary N) is 1. The quantitative estimate of drug-likeness (QED) is 0.716. The molecule has 0 fully saturated rings. The number of anilines is 1. The van der Waals surface area contributed by atoms with Crippen molar-refractivity contribution in [3.8, 4) is 0 Å². The van der Waals surface area contributed by atoms with Crippen LogP contribution in [-0.4, -0.2) is 9.38 Å². The summed E-state index contributed by atoms with van der Waals surface area (Å²) in [4.78, 5) is 4.56. The fraction of sp³-hybridized carbons (Fsp3) is 0.133. The van der Waals surface area contributed by atoms with E-state index in [2.05, 4.69) is 74.7 Å². The average molecular weight is 363 g/mol. The van der Waals surface area contributed by atoms with Crippen LogP contribution in [0.25, 0.3) is 5.65 Å². The number of benzene rings is 1. The molecule has 0 radical (unpaired) electrons. The lowest BCUT2D eigenvalue weighted by Crippen LogP contribution is -2.04. The Labute approximate surface area is 125 Å². The van der Waals surface area contributed by atoms with Crippen molar-refractivity contribution in [1.29, 1.82) is 0 Å². The van der Waals surface area contributed by atoms with Gasteiger partial charge in [-0.15, -0.1) is 0 Å². The molecule has 0 saturated carbocycles. The highest BCUT2D eigenvalue weighted by molar-refractivity contribution is 14.1. The second-order valence-corrected chi connectivity index (χ2v) is 5.68. The van der Waals surface area contributed by atoms with Gasteiger partial charge in [0.15, 0.2) is 0 Å². The predicted octanol–water partition coefficient (Wildman–Crippen LogP) is 3.86. The summed E-state index contributed by atoms with van der Waals surface area (Å²) >= 11 is 2.32. The molecule has 0 atom stereocenters. The zero-order valence-electron chi connectivity index (χ0n) is 10.6. The Kier molecular flexibility index (Phi) is 3.42. The minimum atomic E-state index is 0.775. The molecule has 0 spiro atoms. The smallest absolute Gasteiger partial charge is 0.137 e. The van der Waals surface area contributed by atoms with Crippen molar-refractivity contribution >= 4 is 33.9 Å². The van der Waals surface area contributed by atoms with Crippen LogP contribution in [0, 0.1) is 10.5 Å². The Morgan fingerprint density at radius 3 is 2.95 bits per heavy atom. The molecule has 2 aromatic heterocycles. The highest BCUT2D eigenvalue weighted by Crippen LogP contribution is 2.16. The van der Waals surface area contributed by atoms with E-state index in [1.807, 2.05) is 18.2 Å². The van der Waals surface area contributed by atoms with Crippen LogP contribution < -0.4 is 5.32 Å². The summed E-state index contributed by atoms with van der Waals surface area (Å²) < 4.78 is 3.37. The topological polar surface area (TPSA) is 29.3 Å². The van der Waals surface area contributed by atoms with Crippen LogP contribution in [0.4, 0.5) is 5.69 Å². The maximum atomic E-state index is 4.56. The van der Waals surface area contributed by atoms with Gasteiger partial charge in [0, 0.05) is 15.5 Å². The fourth-order valence-corrected chi connectivity index (χ4v) is 2.70. The van der Waals surface area contributed by atoms with E-state index in [-0.39, 0.29) is 0 Å². The Bertz CT molecular complexity index is 718. The van der Waals surface area contributed by atoms with Crippen molar-refractivity contribution in [2.75, 3.05) is 5.32 Å². The SMILES string of the molecule is Cc1nc2ccccn2c1CNc1cccc(I)c1. The molecular formula is C15H14IN3. The summed E-state index contributed by atoms with van der Waals surface area (Å²) in [6.45, 7) is 2.83. The van der Waals surface area contributed by atoms with Crippen LogP contribution in [0.2, 0.25) is 0 Å². The molecule has 0 aliphatic rings. The van der Waals surface area contributed by atoms with Gasteiger partial charge in [-0.05, 0) is 59.8 Å². The molecule has 0 unspecified atom stereocenters. The van der Waals surface area contributed by atoms with E-state index in [0.717, 1.165) is 23.6 Å². The third-order valence-corrected chi connectivity index (χ3v) is 3.78. The fourth-order valence-electron chi connectivity index (χ4n) is 2.16. The van der Waals surface area contributed by atoms with E-state index in [0.29, 0.717) is 0 Å². The zero-order chi connectivity index (χ0) is 13.2. The molecule has 3 nitrogen and oxygen atoms in total. The summed E-state index contributed by atoms with van der Waals surface area (Å²) in [6, 6.07) is 14.4. The number of imidazole rings is 1. The van der Waals surface area contributed by atoms with Crippen molar-refractivity contribution in [3.63, 3.8) is 0 Å². The minimum Gasteiger partial charge on any atom is -0.379 e. The Hall–Kier alpha value is -1.56. The number of rotatable bonds is 3. The molecule has 0 bridgehead atoms. The van der Waals surface area contributed by atoms with Crippen molar-refractivity contribution in [2.45, 2.75) is 13.5 Å². The van der Waals surface area contributed by atoms with Crippen LogP contribution >= 0.6 is 22.6 Å². The summed E-state index contributed by atoms with van der Waals surface area (Å²) in [7, 11) is 0. The number of nitrogens with zero attached hydrogens (tertiary/aromatic N) is 2. The molecule has 0 amide bonds. The molecule has 3 rings (SSSR count). The third-order valence-electron chi connectivity index (χ3n) is 3.11. The van der Waals surface area contributed by atoms with Gasteiger partial charge in [-0.1, -0.05) is 12.1 Å². The first kappa shape index (κ1) is 12.5. The molecular weight excluding hydrogens is 349 g/mol. The number of hydrogen-bond donors (Lipinski definition) is 1. The average Bonchev–Trinajstić information content (AvgIpc) is 2.72. The van der Waals surface area contributed by atoms with Crippen LogP contribution in [0.3, 0.4) is 0 Å². The number of hydrogen-bond acceptors (Lipinski definition) is 2. The molecule has 2 heterocycles. The molecule has 19 heavy (non-hydrogen) atoms. The Morgan fingerprint density at radius 1 is 1.21 bits per heavy atom. The van der Waals surface area contributed by atoms with Gasteiger partial charge in [-0.3, -0.25) is 0 Å². The Balaban J connectivity index is 1.87. The number of aryl methyl sites for hydroxylation is 1. The zero-order valence-corrected chi connectivity index (χ0v) is 12.8. The Morgan fingerprint density at radius 2 is 2.11 bits per heavy atom. The summed E-state index contributed by atoms with van der Waals surface area (Å²) in [5, 5.41) is 3.46. The number of fused-ring (bicyclic) bond motifs is 1. The van der Waals surface area contributed by atoms with Crippen LogP contribution in [0.1, 0.15) is 11.4 Å². The van der Waals surface area contributed by atoms with Crippen molar-refractivity contribution < 1.29 is 0 Å². The summed E-state index contributed by atoms with van der Waals surface area (Å²) in [6.07, 6.45) is 2.06. The number of halogens is 1. The summed E-state index contributed by atoms with van der Waals surface area (Å²) in [5.41, 5.74) is 4.41. The highest BCUT2D eigenvalue weighted by Gasteiger charge is 2.07. The second kappa shape index (κ2) is 5.21. The molecule has 4 heteroatoms. The second-order valence-electron chi connectivity index (χ2n) is 4.44. The maximum Gasteiger partial charge on any atom is 0.137 e. The van der Waals surface area contributed by atoms with Gasteiger partial charge in [0.05, 0.1) is 17.9 Å².